The van der Waals surface area contributed by atoms with Gasteiger partial charge in [0.2, 0.25) is 0 Å². The van der Waals surface area contributed by atoms with E-state index in [2.05, 4.69) is 22.4 Å². The van der Waals surface area contributed by atoms with Gasteiger partial charge in [0.1, 0.15) is 0 Å². The molecule has 2 heterocycles. The van der Waals surface area contributed by atoms with Crippen molar-refractivity contribution < 1.29 is 4.74 Å². The molecule has 0 bridgehead atoms. The van der Waals surface area contributed by atoms with E-state index < -0.39 is 0 Å². The van der Waals surface area contributed by atoms with Crippen LogP contribution in [0.15, 0.2) is 12.1 Å². The molecule has 2 rings (SSSR count). The molecule has 0 amide bonds. The molecule has 0 saturated carbocycles. The van der Waals surface area contributed by atoms with Crippen molar-refractivity contribution in [3.8, 4) is 0 Å². The van der Waals surface area contributed by atoms with E-state index in [9.17, 15) is 0 Å². The number of hydrogen-bond donors (Lipinski definition) is 1. The second kappa shape index (κ2) is 4.07. The molecule has 0 radical (unpaired) electrons. The van der Waals surface area contributed by atoms with Gasteiger partial charge in [-0.05, 0) is 31.5 Å². The molecule has 3 heteroatoms. The van der Waals surface area contributed by atoms with Gasteiger partial charge in [0.05, 0.1) is 12.7 Å². The number of ether oxygens (including phenoxy) is 1. The van der Waals surface area contributed by atoms with Gasteiger partial charge in [-0.25, -0.2) is 0 Å². The number of hydrogen-bond acceptors (Lipinski definition) is 3. The zero-order valence-corrected chi connectivity index (χ0v) is 8.71. The van der Waals surface area contributed by atoms with Crippen LogP contribution < -0.4 is 5.32 Å². The lowest BCUT2D eigenvalue weighted by atomic mass is 10.2. The van der Waals surface area contributed by atoms with Gasteiger partial charge in [0.25, 0.3) is 0 Å². The average molecular weight is 192 g/mol. The fourth-order valence-corrected chi connectivity index (χ4v) is 1.60. The first kappa shape index (κ1) is 9.62. The molecular formula is C11H16N2O. The van der Waals surface area contributed by atoms with Crippen LogP contribution in [-0.4, -0.2) is 24.2 Å². The minimum absolute atomic E-state index is 0.406. The number of rotatable bonds is 3. The molecule has 1 aliphatic rings. The average Bonchev–Trinajstić information content (AvgIpc) is 1.99. The summed E-state index contributed by atoms with van der Waals surface area (Å²) in [5.41, 5.74) is 3.35. The highest BCUT2D eigenvalue weighted by atomic mass is 16.5. The Balaban J connectivity index is 1.94. The largest absolute Gasteiger partial charge is 0.371 e. The van der Waals surface area contributed by atoms with Crippen molar-refractivity contribution in [3.63, 3.8) is 0 Å². The van der Waals surface area contributed by atoms with E-state index in [1.165, 1.54) is 5.56 Å². The van der Waals surface area contributed by atoms with Crippen LogP contribution in [0.4, 0.5) is 0 Å². The Hall–Kier alpha value is -0.930. The maximum Gasteiger partial charge on any atom is 0.0828 e. The molecule has 0 aliphatic carbocycles. The molecule has 3 nitrogen and oxygen atoms in total. The van der Waals surface area contributed by atoms with Gasteiger partial charge in [0, 0.05) is 24.5 Å². The quantitative estimate of drug-likeness (QED) is 0.781. The molecule has 1 saturated heterocycles. The predicted molar refractivity (Wildman–Crippen MR) is 55.2 cm³/mol. The van der Waals surface area contributed by atoms with Crippen LogP contribution >= 0.6 is 0 Å². The molecule has 0 atom stereocenters. The molecule has 1 fully saturated rings. The fourth-order valence-electron chi connectivity index (χ4n) is 1.60. The van der Waals surface area contributed by atoms with Gasteiger partial charge < -0.3 is 10.1 Å². The van der Waals surface area contributed by atoms with Crippen molar-refractivity contribution >= 4 is 0 Å². The molecule has 1 aromatic rings. The van der Waals surface area contributed by atoms with E-state index in [0.717, 1.165) is 24.5 Å². The summed E-state index contributed by atoms with van der Waals surface area (Å²) in [6.45, 7) is 6.71. The second-order valence-electron chi connectivity index (χ2n) is 3.85. The Bertz CT molecular complexity index is 301. The summed E-state index contributed by atoms with van der Waals surface area (Å²) >= 11 is 0. The van der Waals surface area contributed by atoms with Crippen molar-refractivity contribution in [1.29, 1.82) is 0 Å². The molecule has 0 unspecified atom stereocenters. The topological polar surface area (TPSA) is 34.1 Å². The number of pyridine rings is 1. The molecule has 76 valence electrons. The fraction of sp³-hybridized carbons (Fsp3) is 0.545. The Morgan fingerprint density at radius 2 is 2.00 bits per heavy atom. The lowest BCUT2D eigenvalue weighted by Crippen LogP contribution is -2.48. The first-order valence-electron chi connectivity index (χ1n) is 5.00. The third kappa shape index (κ3) is 2.30. The summed E-state index contributed by atoms with van der Waals surface area (Å²) in [7, 11) is 0. The van der Waals surface area contributed by atoms with Gasteiger partial charge >= 0.3 is 0 Å². The minimum Gasteiger partial charge on any atom is -0.371 e. The van der Waals surface area contributed by atoms with Crippen LogP contribution in [-0.2, 0) is 11.3 Å². The summed E-state index contributed by atoms with van der Waals surface area (Å²) < 4.78 is 5.68. The molecule has 0 spiro atoms. The third-order valence-electron chi connectivity index (χ3n) is 2.37. The van der Waals surface area contributed by atoms with Gasteiger partial charge in [-0.15, -0.1) is 0 Å². The molecule has 0 aromatic carbocycles. The van der Waals surface area contributed by atoms with Crippen molar-refractivity contribution in [1.82, 2.24) is 10.3 Å². The maximum atomic E-state index is 5.68. The molecule has 14 heavy (non-hydrogen) atoms. The number of aromatic nitrogens is 1. The van der Waals surface area contributed by atoms with Crippen LogP contribution in [0.3, 0.4) is 0 Å². The summed E-state index contributed by atoms with van der Waals surface area (Å²) in [6, 6.07) is 4.16. The highest BCUT2D eigenvalue weighted by molar-refractivity contribution is 5.19. The van der Waals surface area contributed by atoms with Crippen molar-refractivity contribution in [3.05, 3.63) is 29.1 Å². The van der Waals surface area contributed by atoms with Gasteiger partial charge in [-0.2, -0.15) is 0 Å². The maximum absolute atomic E-state index is 5.68. The SMILES string of the molecule is Cc1cc(COC2CNC2)cc(C)n1. The Kier molecular flexibility index (Phi) is 2.79. The zero-order valence-electron chi connectivity index (χ0n) is 8.71. The smallest absolute Gasteiger partial charge is 0.0828 e. The molecule has 1 aliphatic heterocycles. The normalized spacial score (nSPS) is 16.7. The van der Waals surface area contributed by atoms with Gasteiger partial charge in [-0.3, -0.25) is 4.98 Å². The summed E-state index contributed by atoms with van der Waals surface area (Å²) in [5.74, 6) is 0. The summed E-state index contributed by atoms with van der Waals surface area (Å²) in [6.07, 6.45) is 0.406. The summed E-state index contributed by atoms with van der Waals surface area (Å²) in [4.78, 5) is 4.33. The van der Waals surface area contributed by atoms with Crippen molar-refractivity contribution in [2.24, 2.45) is 0 Å². The van der Waals surface area contributed by atoms with E-state index in [-0.39, 0.29) is 0 Å². The predicted octanol–water partition coefficient (Wildman–Crippen LogP) is 1.19. The highest BCUT2D eigenvalue weighted by Crippen LogP contribution is 2.09. The molecular weight excluding hydrogens is 176 g/mol. The number of aryl methyl sites for hydroxylation is 2. The lowest BCUT2D eigenvalue weighted by Gasteiger charge is -2.27. The lowest BCUT2D eigenvalue weighted by molar-refractivity contribution is 0.00751. The first-order chi connectivity index (χ1) is 6.74. The number of nitrogens with one attached hydrogen (secondary N) is 1. The van der Waals surface area contributed by atoms with Gasteiger partial charge in [0.15, 0.2) is 0 Å². The van der Waals surface area contributed by atoms with E-state index in [0.29, 0.717) is 12.7 Å². The van der Waals surface area contributed by atoms with Crippen LogP contribution in [0, 0.1) is 13.8 Å². The van der Waals surface area contributed by atoms with Crippen molar-refractivity contribution in [2.75, 3.05) is 13.1 Å². The Morgan fingerprint density at radius 1 is 1.36 bits per heavy atom. The van der Waals surface area contributed by atoms with Crippen LogP contribution in [0.2, 0.25) is 0 Å². The highest BCUT2D eigenvalue weighted by Gasteiger charge is 2.16. The Labute approximate surface area is 84.5 Å². The monoisotopic (exact) mass is 192 g/mol. The molecule has 1 N–H and O–H groups in total. The van der Waals surface area contributed by atoms with Crippen molar-refractivity contribution in [2.45, 2.75) is 26.6 Å². The zero-order chi connectivity index (χ0) is 9.97. The van der Waals surface area contributed by atoms with Gasteiger partial charge in [-0.1, -0.05) is 0 Å². The van der Waals surface area contributed by atoms with Crippen LogP contribution in [0.5, 0.6) is 0 Å². The Morgan fingerprint density at radius 3 is 2.50 bits per heavy atom. The minimum atomic E-state index is 0.406. The second-order valence-corrected chi connectivity index (χ2v) is 3.85. The summed E-state index contributed by atoms with van der Waals surface area (Å²) in [5, 5.41) is 3.18. The molecule has 1 aromatic heterocycles. The number of nitrogens with zero attached hydrogens (tertiary/aromatic N) is 1. The first-order valence-corrected chi connectivity index (χ1v) is 5.00. The van der Waals surface area contributed by atoms with Crippen LogP contribution in [0.1, 0.15) is 17.0 Å². The van der Waals surface area contributed by atoms with Crippen LogP contribution in [0.25, 0.3) is 0 Å². The van der Waals surface area contributed by atoms with E-state index in [4.69, 9.17) is 4.74 Å². The van der Waals surface area contributed by atoms with E-state index in [1.54, 1.807) is 0 Å². The third-order valence-corrected chi connectivity index (χ3v) is 2.37. The van der Waals surface area contributed by atoms with E-state index >= 15 is 0 Å². The standard InChI is InChI=1S/C11H16N2O/c1-8-3-10(4-9(2)13-8)7-14-11-5-12-6-11/h3-4,11-12H,5-7H2,1-2H3. The van der Waals surface area contributed by atoms with E-state index in [1.807, 2.05) is 13.8 Å².